The van der Waals surface area contributed by atoms with Gasteiger partial charge in [0.1, 0.15) is 16.8 Å². The Balaban J connectivity index is 2.19. The number of fused-ring (bicyclic) bond motifs is 3. The Hall–Kier alpha value is -2.24. The smallest absolute Gasteiger partial charge is 0.135 e. The molecule has 0 radical (unpaired) electrons. The highest BCUT2D eigenvalue weighted by Crippen LogP contribution is 2.28. The summed E-state index contributed by atoms with van der Waals surface area (Å²) in [6, 6.07) is 13.8. The Kier molecular flexibility index (Phi) is 2.58. The van der Waals surface area contributed by atoms with Gasteiger partial charge < -0.3 is 9.52 Å². The zero-order valence-corrected chi connectivity index (χ0v) is 10.9. The summed E-state index contributed by atoms with van der Waals surface area (Å²) < 4.78 is 5.76. The first-order valence-corrected chi connectivity index (χ1v) is 6.20. The molecule has 1 aromatic heterocycles. The molecule has 19 heavy (non-hydrogen) atoms. The second kappa shape index (κ2) is 4.15. The summed E-state index contributed by atoms with van der Waals surface area (Å²) in [5.74, 6) is 5.81. The Labute approximate surface area is 111 Å². The summed E-state index contributed by atoms with van der Waals surface area (Å²) in [7, 11) is 0. The third-order valence-corrected chi connectivity index (χ3v) is 2.89. The molecule has 3 aromatic rings. The van der Waals surface area contributed by atoms with Crippen molar-refractivity contribution in [3.05, 3.63) is 48.0 Å². The zero-order valence-electron chi connectivity index (χ0n) is 10.9. The Morgan fingerprint density at radius 1 is 1.00 bits per heavy atom. The number of hydrogen-bond donors (Lipinski definition) is 1. The molecule has 3 rings (SSSR count). The molecule has 0 aliphatic carbocycles. The van der Waals surface area contributed by atoms with Crippen molar-refractivity contribution in [3.8, 4) is 11.8 Å². The summed E-state index contributed by atoms with van der Waals surface area (Å²) in [4.78, 5) is 0. The molecule has 0 saturated heterocycles. The first-order valence-electron chi connectivity index (χ1n) is 6.20. The van der Waals surface area contributed by atoms with Crippen LogP contribution in [-0.2, 0) is 0 Å². The maximum Gasteiger partial charge on any atom is 0.135 e. The predicted molar refractivity (Wildman–Crippen MR) is 76.9 cm³/mol. The summed E-state index contributed by atoms with van der Waals surface area (Å²) >= 11 is 0. The second-order valence-electron chi connectivity index (χ2n) is 5.12. The summed E-state index contributed by atoms with van der Waals surface area (Å²) in [6.07, 6.45) is 0. The molecule has 0 saturated carbocycles. The van der Waals surface area contributed by atoms with Gasteiger partial charge in [0, 0.05) is 16.3 Å². The van der Waals surface area contributed by atoms with Crippen LogP contribution in [0.15, 0.2) is 46.9 Å². The molecule has 0 unspecified atom stereocenters. The molecule has 1 N–H and O–H groups in total. The molecule has 0 fully saturated rings. The van der Waals surface area contributed by atoms with Crippen LogP contribution in [0, 0.1) is 11.8 Å². The minimum atomic E-state index is -0.979. The van der Waals surface area contributed by atoms with Crippen LogP contribution < -0.4 is 0 Å². The van der Waals surface area contributed by atoms with Gasteiger partial charge in [0.15, 0.2) is 0 Å². The lowest BCUT2D eigenvalue weighted by molar-refractivity contribution is 0.143. The normalized spacial score (nSPS) is 11.5. The van der Waals surface area contributed by atoms with Crippen molar-refractivity contribution in [2.75, 3.05) is 0 Å². The van der Waals surface area contributed by atoms with Gasteiger partial charge in [-0.2, -0.15) is 0 Å². The van der Waals surface area contributed by atoms with Gasteiger partial charge in [0.25, 0.3) is 0 Å². The van der Waals surface area contributed by atoms with Crippen molar-refractivity contribution in [3.63, 3.8) is 0 Å². The zero-order chi connectivity index (χ0) is 13.5. The molecule has 0 amide bonds. The van der Waals surface area contributed by atoms with Crippen LogP contribution >= 0.6 is 0 Å². The molecule has 0 aliphatic heterocycles. The molecule has 94 valence electrons. The van der Waals surface area contributed by atoms with E-state index in [9.17, 15) is 5.11 Å². The van der Waals surface area contributed by atoms with Gasteiger partial charge in [0.2, 0.25) is 0 Å². The molecular weight excluding hydrogens is 236 g/mol. The van der Waals surface area contributed by atoms with Crippen LogP contribution in [0.5, 0.6) is 0 Å². The van der Waals surface area contributed by atoms with E-state index in [0.29, 0.717) is 0 Å². The van der Waals surface area contributed by atoms with E-state index in [2.05, 4.69) is 11.8 Å². The van der Waals surface area contributed by atoms with Crippen molar-refractivity contribution >= 4 is 21.9 Å². The molecule has 0 spiro atoms. The van der Waals surface area contributed by atoms with Crippen LogP contribution in [0.3, 0.4) is 0 Å². The second-order valence-corrected chi connectivity index (χ2v) is 5.12. The standard InChI is InChI=1S/C17H14O2/c1-17(2,18)10-9-12-7-8-16-14(11-12)13-5-3-4-6-15(13)19-16/h3-8,11,18H,1-2H3. The van der Waals surface area contributed by atoms with Gasteiger partial charge >= 0.3 is 0 Å². The van der Waals surface area contributed by atoms with Gasteiger partial charge in [-0.3, -0.25) is 0 Å². The van der Waals surface area contributed by atoms with Crippen molar-refractivity contribution in [1.82, 2.24) is 0 Å². The van der Waals surface area contributed by atoms with Crippen LogP contribution in [-0.4, -0.2) is 10.7 Å². The maximum absolute atomic E-state index is 9.63. The number of benzene rings is 2. The van der Waals surface area contributed by atoms with E-state index in [0.717, 1.165) is 27.5 Å². The lowest BCUT2D eigenvalue weighted by Gasteiger charge is -2.05. The number of hydrogen-bond acceptors (Lipinski definition) is 2. The molecule has 1 heterocycles. The molecule has 0 aliphatic rings. The summed E-state index contributed by atoms with van der Waals surface area (Å²) in [6.45, 7) is 3.34. The van der Waals surface area contributed by atoms with E-state index in [-0.39, 0.29) is 0 Å². The number of para-hydroxylation sites is 1. The van der Waals surface area contributed by atoms with Gasteiger partial charge in [-0.1, -0.05) is 30.0 Å². The number of aliphatic hydroxyl groups is 1. The molecule has 2 heteroatoms. The fourth-order valence-corrected chi connectivity index (χ4v) is 2.03. The van der Waals surface area contributed by atoms with Gasteiger partial charge in [0.05, 0.1) is 0 Å². The average Bonchev–Trinajstić information content (AvgIpc) is 2.73. The fourth-order valence-electron chi connectivity index (χ4n) is 2.03. The molecule has 0 atom stereocenters. The molecule has 2 aromatic carbocycles. The largest absolute Gasteiger partial charge is 0.456 e. The van der Waals surface area contributed by atoms with E-state index in [1.165, 1.54) is 0 Å². The van der Waals surface area contributed by atoms with E-state index in [1.54, 1.807) is 13.8 Å². The van der Waals surface area contributed by atoms with E-state index < -0.39 is 5.60 Å². The van der Waals surface area contributed by atoms with Gasteiger partial charge in [-0.25, -0.2) is 0 Å². The van der Waals surface area contributed by atoms with Crippen molar-refractivity contribution < 1.29 is 9.52 Å². The molecule has 0 bridgehead atoms. The Morgan fingerprint density at radius 3 is 2.53 bits per heavy atom. The average molecular weight is 250 g/mol. The highest BCUT2D eigenvalue weighted by atomic mass is 16.3. The predicted octanol–water partition coefficient (Wildman–Crippen LogP) is 3.71. The molecular formula is C17H14O2. The Bertz CT molecular complexity index is 808. The van der Waals surface area contributed by atoms with Crippen molar-refractivity contribution in [2.45, 2.75) is 19.4 Å². The van der Waals surface area contributed by atoms with Crippen molar-refractivity contribution in [2.24, 2.45) is 0 Å². The van der Waals surface area contributed by atoms with E-state index >= 15 is 0 Å². The van der Waals surface area contributed by atoms with E-state index in [4.69, 9.17) is 4.42 Å². The van der Waals surface area contributed by atoms with Crippen LogP contribution in [0.2, 0.25) is 0 Å². The summed E-state index contributed by atoms with van der Waals surface area (Å²) in [5.41, 5.74) is 1.63. The van der Waals surface area contributed by atoms with Crippen LogP contribution in [0.1, 0.15) is 19.4 Å². The minimum Gasteiger partial charge on any atom is -0.456 e. The SMILES string of the molecule is CC(C)(O)C#Cc1ccc2oc3ccccc3c2c1. The highest BCUT2D eigenvalue weighted by Gasteiger charge is 2.08. The lowest BCUT2D eigenvalue weighted by Crippen LogP contribution is -2.14. The van der Waals surface area contributed by atoms with Crippen molar-refractivity contribution in [1.29, 1.82) is 0 Å². The Morgan fingerprint density at radius 2 is 1.74 bits per heavy atom. The minimum absolute atomic E-state index is 0.856. The van der Waals surface area contributed by atoms with Gasteiger partial charge in [-0.05, 0) is 38.1 Å². The monoisotopic (exact) mass is 250 g/mol. The third kappa shape index (κ3) is 2.33. The first-order chi connectivity index (χ1) is 9.03. The highest BCUT2D eigenvalue weighted by molar-refractivity contribution is 6.05. The summed E-state index contributed by atoms with van der Waals surface area (Å²) in [5, 5.41) is 11.8. The topological polar surface area (TPSA) is 33.4 Å². The van der Waals surface area contributed by atoms with Crippen LogP contribution in [0.25, 0.3) is 21.9 Å². The third-order valence-electron chi connectivity index (χ3n) is 2.89. The maximum atomic E-state index is 9.63. The number of furan rings is 1. The van der Waals surface area contributed by atoms with Gasteiger partial charge in [-0.15, -0.1) is 0 Å². The van der Waals surface area contributed by atoms with Crippen LogP contribution in [0.4, 0.5) is 0 Å². The quantitative estimate of drug-likeness (QED) is 0.617. The number of rotatable bonds is 0. The first kappa shape index (κ1) is 11.8. The fraction of sp³-hybridized carbons (Fsp3) is 0.176. The molecule has 2 nitrogen and oxygen atoms in total. The lowest BCUT2D eigenvalue weighted by atomic mass is 10.1. The van der Waals surface area contributed by atoms with E-state index in [1.807, 2.05) is 42.5 Å².